The van der Waals surface area contributed by atoms with E-state index in [2.05, 4.69) is 65.6 Å². The number of hydrogen-bond acceptors (Lipinski definition) is 4. The van der Waals surface area contributed by atoms with Gasteiger partial charge in [-0.1, -0.05) is 66.7 Å². The van der Waals surface area contributed by atoms with Crippen LogP contribution in [-0.2, 0) is 19.4 Å². The SMILES string of the molecule is CC(C)(O)Cn1cnc2c(N)nc3ccc(Cc4ccccc4)c(Cc4ccccc4)c3c21. The second kappa shape index (κ2) is 8.34. The lowest BCUT2D eigenvalue weighted by Gasteiger charge is -2.20. The van der Waals surface area contributed by atoms with Gasteiger partial charge in [-0.05, 0) is 55.0 Å². The van der Waals surface area contributed by atoms with Crippen molar-refractivity contribution in [3.63, 3.8) is 0 Å². The van der Waals surface area contributed by atoms with Crippen molar-refractivity contribution >= 4 is 27.8 Å². The van der Waals surface area contributed by atoms with Gasteiger partial charge in [0.2, 0.25) is 0 Å². The van der Waals surface area contributed by atoms with Crippen LogP contribution in [0.5, 0.6) is 0 Å². The molecule has 0 radical (unpaired) electrons. The van der Waals surface area contributed by atoms with Crippen molar-refractivity contribution < 1.29 is 5.11 Å². The van der Waals surface area contributed by atoms with Gasteiger partial charge in [-0.2, -0.15) is 0 Å². The van der Waals surface area contributed by atoms with Gasteiger partial charge in [0.15, 0.2) is 5.82 Å². The number of nitrogens with two attached hydrogens (primary N) is 1. The van der Waals surface area contributed by atoms with Crippen LogP contribution in [0, 0.1) is 0 Å². The highest BCUT2D eigenvalue weighted by atomic mass is 16.3. The van der Waals surface area contributed by atoms with Gasteiger partial charge in [-0.3, -0.25) is 0 Å². The molecular formula is C28H28N4O. The number of aliphatic hydroxyl groups is 1. The summed E-state index contributed by atoms with van der Waals surface area (Å²) in [5.74, 6) is 0.411. The molecule has 5 heteroatoms. The summed E-state index contributed by atoms with van der Waals surface area (Å²) < 4.78 is 2.01. The van der Waals surface area contributed by atoms with Crippen molar-refractivity contribution in [2.45, 2.75) is 38.8 Å². The highest BCUT2D eigenvalue weighted by Crippen LogP contribution is 2.34. The van der Waals surface area contributed by atoms with E-state index in [1.165, 1.54) is 22.3 Å². The first-order valence-corrected chi connectivity index (χ1v) is 11.2. The molecule has 5 nitrogen and oxygen atoms in total. The molecule has 0 spiro atoms. The van der Waals surface area contributed by atoms with Crippen LogP contribution in [0.25, 0.3) is 21.9 Å². The van der Waals surface area contributed by atoms with Crippen LogP contribution in [-0.4, -0.2) is 25.2 Å². The Bertz CT molecular complexity index is 1420. The van der Waals surface area contributed by atoms with Crippen molar-refractivity contribution in [3.05, 3.63) is 101 Å². The van der Waals surface area contributed by atoms with Gasteiger partial charge in [0.25, 0.3) is 0 Å². The number of nitrogens with zero attached hydrogens (tertiary/aromatic N) is 3. The van der Waals surface area contributed by atoms with E-state index < -0.39 is 5.60 Å². The summed E-state index contributed by atoms with van der Waals surface area (Å²) in [6.07, 6.45) is 3.36. The van der Waals surface area contributed by atoms with Crippen LogP contribution in [0.15, 0.2) is 79.1 Å². The maximum atomic E-state index is 10.5. The molecule has 2 aromatic heterocycles. The highest BCUT2D eigenvalue weighted by Gasteiger charge is 2.21. The van der Waals surface area contributed by atoms with E-state index in [4.69, 9.17) is 10.7 Å². The summed E-state index contributed by atoms with van der Waals surface area (Å²) in [7, 11) is 0. The number of imidazole rings is 1. The molecule has 3 aromatic carbocycles. The Morgan fingerprint density at radius 2 is 1.52 bits per heavy atom. The lowest BCUT2D eigenvalue weighted by molar-refractivity contribution is 0.0627. The van der Waals surface area contributed by atoms with Gasteiger partial charge in [0, 0.05) is 5.39 Å². The summed E-state index contributed by atoms with van der Waals surface area (Å²) in [4.78, 5) is 9.28. The molecule has 0 aliphatic carbocycles. The number of pyridine rings is 1. The van der Waals surface area contributed by atoms with Crippen molar-refractivity contribution in [1.29, 1.82) is 0 Å². The van der Waals surface area contributed by atoms with E-state index in [-0.39, 0.29) is 0 Å². The fraction of sp³-hybridized carbons (Fsp3) is 0.214. The summed E-state index contributed by atoms with van der Waals surface area (Å²) in [6, 6.07) is 25.2. The lowest BCUT2D eigenvalue weighted by Crippen LogP contribution is -2.25. The molecule has 2 heterocycles. The third-order valence-electron chi connectivity index (χ3n) is 5.96. The van der Waals surface area contributed by atoms with Crippen LogP contribution in [0.4, 0.5) is 5.82 Å². The fourth-order valence-corrected chi connectivity index (χ4v) is 4.57. The second-order valence-corrected chi connectivity index (χ2v) is 9.30. The molecule has 0 fully saturated rings. The molecule has 3 N–H and O–H groups in total. The number of hydrogen-bond donors (Lipinski definition) is 2. The molecule has 33 heavy (non-hydrogen) atoms. The Morgan fingerprint density at radius 1 is 0.879 bits per heavy atom. The maximum Gasteiger partial charge on any atom is 0.152 e. The summed E-state index contributed by atoms with van der Waals surface area (Å²) >= 11 is 0. The number of rotatable bonds is 6. The molecule has 166 valence electrons. The average molecular weight is 437 g/mol. The topological polar surface area (TPSA) is 77.0 Å². The first-order valence-electron chi connectivity index (χ1n) is 11.2. The number of aromatic nitrogens is 3. The minimum absolute atomic E-state index is 0.411. The molecule has 0 saturated carbocycles. The predicted octanol–water partition coefficient (Wildman–Crippen LogP) is 5.12. The molecule has 5 rings (SSSR count). The maximum absolute atomic E-state index is 10.5. The first-order chi connectivity index (χ1) is 15.9. The van der Waals surface area contributed by atoms with E-state index in [0.717, 1.165) is 29.3 Å². The van der Waals surface area contributed by atoms with Crippen LogP contribution in [0.3, 0.4) is 0 Å². The van der Waals surface area contributed by atoms with Crippen LogP contribution in [0.2, 0.25) is 0 Å². The largest absolute Gasteiger partial charge is 0.389 e. The van der Waals surface area contributed by atoms with Gasteiger partial charge in [0.05, 0.1) is 29.5 Å². The Balaban J connectivity index is 1.80. The predicted molar refractivity (Wildman–Crippen MR) is 134 cm³/mol. The quantitative estimate of drug-likeness (QED) is 0.387. The third kappa shape index (κ3) is 4.32. The van der Waals surface area contributed by atoms with Gasteiger partial charge in [0.1, 0.15) is 5.52 Å². The highest BCUT2D eigenvalue weighted by molar-refractivity contribution is 6.08. The number of benzene rings is 3. The molecule has 0 amide bonds. The molecule has 5 aromatic rings. The summed E-state index contributed by atoms with van der Waals surface area (Å²) in [5, 5.41) is 11.6. The van der Waals surface area contributed by atoms with Crippen LogP contribution < -0.4 is 5.73 Å². The lowest BCUT2D eigenvalue weighted by atomic mass is 9.91. The Hall–Kier alpha value is -3.70. The van der Waals surface area contributed by atoms with E-state index in [1.54, 1.807) is 20.2 Å². The molecule has 0 bridgehead atoms. The van der Waals surface area contributed by atoms with Crippen molar-refractivity contribution in [2.75, 3.05) is 5.73 Å². The van der Waals surface area contributed by atoms with Crippen molar-refractivity contribution in [2.24, 2.45) is 0 Å². The molecule has 0 aliphatic rings. The van der Waals surface area contributed by atoms with Crippen molar-refractivity contribution in [1.82, 2.24) is 14.5 Å². The van der Waals surface area contributed by atoms with Gasteiger partial charge in [-0.25, -0.2) is 9.97 Å². The van der Waals surface area contributed by atoms with Crippen LogP contribution >= 0.6 is 0 Å². The molecule has 0 atom stereocenters. The summed E-state index contributed by atoms with van der Waals surface area (Å²) in [5.41, 5.74) is 12.8. The standard InChI is InChI=1S/C28H28N4O/c1-28(2,33)17-32-18-30-25-26(32)24-22(16-20-11-7-4-8-12-20)21(13-14-23(24)31-27(25)29)15-19-9-5-3-6-10-19/h3-14,18,33H,15-17H2,1-2H3,(H2,29,31). The monoisotopic (exact) mass is 436 g/mol. The van der Waals surface area contributed by atoms with E-state index in [9.17, 15) is 5.11 Å². The smallest absolute Gasteiger partial charge is 0.152 e. The third-order valence-corrected chi connectivity index (χ3v) is 5.96. The Kier molecular flexibility index (Phi) is 5.35. The zero-order valence-electron chi connectivity index (χ0n) is 19.0. The normalized spacial score (nSPS) is 12.0. The van der Waals surface area contributed by atoms with Gasteiger partial charge < -0.3 is 15.4 Å². The fourth-order valence-electron chi connectivity index (χ4n) is 4.57. The van der Waals surface area contributed by atoms with Gasteiger partial charge >= 0.3 is 0 Å². The zero-order valence-corrected chi connectivity index (χ0v) is 19.0. The molecule has 0 saturated heterocycles. The number of fused-ring (bicyclic) bond motifs is 3. The molecule has 0 unspecified atom stereocenters. The van der Waals surface area contributed by atoms with Gasteiger partial charge in [-0.15, -0.1) is 0 Å². The summed E-state index contributed by atoms with van der Waals surface area (Å²) in [6.45, 7) is 4.02. The Morgan fingerprint density at radius 3 is 2.15 bits per heavy atom. The minimum Gasteiger partial charge on any atom is -0.389 e. The number of anilines is 1. The average Bonchev–Trinajstić information content (AvgIpc) is 3.19. The Labute approximate surface area is 193 Å². The van der Waals surface area contributed by atoms with Crippen molar-refractivity contribution in [3.8, 4) is 0 Å². The molecular weight excluding hydrogens is 408 g/mol. The first kappa shape index (κ1) is 21.2. The van der Waals surface area contributed by atoms with E-state index in [1.807, 2.05) is 16.7 Å². The second-order valence-electron chi connectivity index (χ2n) is 9.30. The van der Waals surface area contributed by atoms with Crippen LogP contribution in [0.1, 0.15) is 36.1 Å². The molecule has 0 aliphatic heterocycles. The minimum atomic E-state index is -0.890. The van der Waals surface area contributed by atoms with E-state index in [0.29, 0.717) is 17.9 Å². The zero-order chi connectivity index (χ0) is 23.0. The van der Waals surface area contributed by atoms with E-state index >= 15 is 0 Å². The number of nitrogen functional groups attached to an aromatic ring is 1.